The molecule has 2 atom stereocenters. The fourth-order valence-corrected chi connectivity index (χ4v) is 5.73. The number of hydrogen-bond donors (Lipinski definition) is 1. The maximum Gasteiger partial charge on any atom is 0.419 e. The largest absolute Gasteiger partial charge is 0.424 e. The van der Waals surface area contributed by atoms with Gasteiger partial charge in [-0.1, -0.05) is 0 Å². The molecule has 2 unspecified atom stereocenters. The lowest BCUT2D eigenvalue weighted by Crippen LogP contribution is -2.48. The number of halogens is 4. The zero-order valence-electron chi connectivity index (χ0n) is 19.5. The molecule has 1 N–H and O–H groups in total. The average molecular weight is 511 g/mol. The van der Waals surface area contributed by atoms with Gasteiger partial charge in [-0.15, -0.1) is 5.10 Å². The fraction of sp³-hybridized carbons (Fsp3) is 0.522. The minimum absolute atomic E-state index is 0.0483. The SMILES string of the molecule is Cc1cc(N2CC3CCC(C2)C3Nc2nc(Oc3ccc(F)c(C(F)(F)F)c3)n(C(C)C)n2)sn1. The molecule has 1 aliphatic heterocycles. The van der Waals surface area contributed by atoms with Gasteiger partial charge in [-0.3, -0.25) is 0 Å². The van der Waals surface area contributed by atoms with E-state index >= 15 is 0 Å². The van der Waals surface area contributed by atoms with Gasteiger partial charge in [0.15, 0.2) is 0 Å². The van der Waals surface area contributed by atoms with Gasteiger partial charge in [-0.05, 0) is 81.2 Å². The Morgan fingerprint density at radius 1 is 1.14 bits per heavy atom. The van der Waals surface area contributed by atoms with E-state index in [0.29, 0.717) is 23.9 Å². The van der Waals surface area contributed by atoms with Crippen LogP contribution in [0.5, 0.6) is 11.8 Å². The summed E-state index contributed by atoms with van der Waals surface area (Å²) >= 11 is 1.52. The van der Waals surface area contributed by atoms with Crippen molar-refractivity contribution in [1.82, 2.24) is 19.1 Å². The monoisotopic (exact) mass is 510 g/mol. The highest BCUT2D eigenvalue weighted by molar-refractivity contribution is 7.10. The first-order chi connectivity index (χ1) is 16.6. The minimum Gasteiger partial charge on any atom is -0.424 e. The molecule has 1 aliphatic carbocycles. The van der Waals surface area contributed by atoms with Crippen LogP contribution in [0.3, 0.4) is 0 Å². The Morgan fingerprint density at radius 3 is 2.46 bits per heavy atom. The van der Waals surface area contributed by atoms with Gasteiger partial charge in [0.2, 0.25) is 5.95 Å². The van der Waals surface area contributed by atoms with Crippen molar-refractivity contribution in [3.63, 3.8) is 0 Å². The van der Waals surface area contributed by atoms with Crippen LogP contribution < -0.4 is 15.0 Å². The molecule has 2 aromatic heterocycles. The molecule has 1 saturated heterocycles. The summed E-state index contributed by atoms with van der Waals surface area (Å²) in [5, 5.41) is 9.17. The lowest BCUT2D eigenvalue weighted by molar-refractivity contribution is -0.140. The first-order valence-corrected chi connectivity index (χ1v) is 12.3. The summed E-state index contributed by atoms with van der Waals surface area (Å²) in [5.41, 5.74) is -0.361. The van der Waals surface area contributed by atoms with Crippen LogP contribution in [-0.4, -0.2) is 38.3 Å². The number of benzene rings is 1. The zero-order valence-corrected chi connectivity index (χ0v) is 20.3. The summed E-state index contributed by atoms with van der Waals surface area (Å²) < 4.78 is 64.6. The van der Waals surface area contributed by atoms with E-state index in [1.165, 1.54) is 21.2 Å². The number of piperidine rings is 1. The van der Waals surface area contributed by atoms with Gasteiger partial charge in [0.1, 0.15) is 16.6 Å². The van der Waals surface area contributed by atoms with Crippen molar-refractivity contribution < 1.29 is 22.3 Å². The van der Waals surface area contributed by atoms with E-state index in [4.69, 9.17) is 4.74 Å². The topological polar surface area (TPSA) is 68.1 Å². The predicted octanol–water partition coefficient (Wildman–Crippen LogP) is 5.90. The van der Waals surface area contributed by atoms with Gasteiger partial charge in [0, 0.05) is 19.1 Å². The number of anilines is 2. The molecule has 3 heterocycles. The quantitative estimate of drug-likeness (QED) is 0.417. The lowest BCUT2D eigenvalue weighted by atomic mass is 9.92. The van der Waals surface area contributed by atoms with Crippen molar-refractivity contribution in [2.45, 2.75) is 51.9 Å². The van der Waals surface area contributed by atoms with Gasteiger partial charge in [-0.2, -0.15) is 22.5 Å². The van der Waals surface area contributed by atoms with E-state index in [2.05, 4.69) is 30.7 Å². The summed E-state index contributed by atoms with van der Waals surface area (Å²) in [6.45, 7) is 7.57. The molecular weight excluding hydrogens is 484 g/mol. The Balaban J connectivity index is 1.34. The second-order valence-corrected chi connectivity index (χ2v) is 10.3. The number of nitrogens with one attached hydrogen (secondary N) is 1. The van der Waals surface area contributed by atoms with Crippen LogP contribution in [0.2, 0.25) is 0 Å². The van der Waals surface area contributed by atoms with E-state index < -0.39 is 17.6 Å². The number of nitrogens with zero attached hydrogens (tertiary/aromatic N) is 5. The molecule has 2 bridgehead atoms. The van der Waals surface area contributed by atoms with Crippen molar-refractivity contribution in [1.29, 1.82) is 0 Å². The molecule has 5 rings (SSSR count). The second kappa shape index (κ2) is 8.96. The normalized spacial score (nSPS) is 22.2. The highest BCUT2D eigenvalue weighted by atomic mass is 32.1. The van der Waals surface area contributed by atoms with Crippen LogP contribution >= 0.6 is 11.5 Å². The number of rotatable bonds is 6. The highest BCUT2D eigenvalue weighted by Gasteiger charge is 2.43. The molecule has 1 saturated carbocycles. The minimum atomic E-state index is -4.83. The molecule has 188 valence electrons. The molecule has 2 fully saturated rings. The van der Waals surface area contributed by atoms with E-state index in [0.717, 1.165) is 43.8 Å². The molecule has 3 aromatic rings. The molecule has 12 heteroatoms. The number of aromatic nitrogens is 4. The molecule has 7 nitrogen and oxygen atoms in total. The molecule has 0 radical (unpaired) electrons. The van der Waals surface area contributed by atoms with Crippen LogP contribution in [-0.2, 0) is 6.18 Å². The lowest BCUT2D eigenvalue weighted by Gasteiger charge is -2.38. The van der Waals surface area contributed by atoms with Crippen molar-refractivity contribution in [2.75, 3.05) is 23.3 Å². The third-order valence-corrected chi connectivity index (χ3v) is 7.54. The van der Waals surface area contributed by atoms with E-state index in [1.54, 1.807) is 0 Å². The Morgan fingerprint density at radius 2 is 1.86 bits per heavy atom. The van der Waals surface area contributed by atoms with Crippen LogP contribution in [0.1, 0.15) is 44.0 Å². The number of aryl methyl sites for hydroxylation is 1. The van der Waals surface area contributed by atoms with Gasteiger partial charge >= 0.3 is 12.2 Å². The summed E-state index contributed by atoms with van der Waals surface area (Å²) in [6, 6.07) is 4.73. The second-order valence-electron chi connectivity index (χ2n) is 9.48. The Bertz CT molecular complexity index is 1200. The van der Waals surface area contributed by atoms with Crippen molar-refractivity contribution in [3.05, 3.63) is 41.3 Å². The zero-order chi connectivity index (χ0) is 24.9. The van der Waals surface area contributed by atoms with Crippen molar-refractivity contribution in [3.8, 4) is 11.8 Å². The summed E-state index contributed by atoms with van der Waals surface area (Å²) in [7, 11) is 0. The first-order valence-electron chi connectivity index (χ1n) is 11.5. The average Bonchev–Trinajstić information content (AvgIpc) is 3.45. The van der Waals surface area contributed by atoms with Crippen LogP contribution in [0.4, 0.5) is 28.5 Å². The Labute approximate surface area is 204 Å². The smallest absolute Gasteiger partial charge is 0.419 e. The Kier molecular flexibility index (Phi) is 6.10. The van der Waals surface area contributed by atoms with Gasteiger partial charge in [0.25, 0.3) is 0 Å². The summed E-state index contributed by atoms with van der Waals surface area (Å²) in [6.07, 6.45) is -2.63. The molecule has 0 spiro atoms. The molecule has 1 aromatic carbocycles. The molecular formula is C23H26F4N6OS. The number of hydrogen-bond acceptors (Lipinski definition) is 7. The van der Waals surface area contributed by atoms with Crippen LogP contribution in [0.15, 0.2) is 24.3 Å². The van der Waals surface area contributed by atoms with Gasteiger partial charge in [0.05, 0.1) is 17.3 Å². The van der Waals surface area contributed by atoms with E-state index in [9.17, 15) is 17.6 Å². The molecule has 35 heavy (non-hydrogen) atoms. The summed E-state index contributed by atoms with van der Waals surface area (Å²) in [4.78, 5) is 6.83. The number of alkyl halides is 3. The van der Waals surface area contributed by atoms with Gasteiger partial charge in [-0.25, -0.2) is 9.07 Å². The predicted molar refractivity (Wildman–Crippen MR) is 125 cm³/mol. The molecule has 0 amide bonds. The first kappa shape index (κ1) is 23.8. The maximum atomic E-state index is 13.7. The highest BCUT2D eigenvalue weighted by Crippen LogP contribution is 2.41. The van der Waals surface area contributed by atoms with Crippen LogP contribution in [0.25, 0.3) is 0 Å². The van der Waals surface area contributed by atoms with E-state index in [-0.39, 0.29) is 23.8 Å². The number of ether oxygens (including phenoxy) is 1. The third-order valence-electron chi connectivity index (χ3n) is 6.60. The van der Waals surface area contributed by atoms with Crippen molar-refractivity contribution >= 4 is 22.5 Å². The maximum absolute atomic E-state index is 13.7. The fourth-order valence-electron chi connectivity index (χ4n) is 4.95. The standard InChI is InChI=1S/C23H26F4N6OS/c1-12(2)33-22(34-16-6-7-18(24)17(9-16)23(25,26)27)29-21(30-33)28-20-14-4-5-15(20)11-32(10-14)19-8-13(3)31-35-19/h6-9,12,14-15,20H,4-5,10-11H2,1-3H3,(H,28,30). The molecule has 2 aliphatic rings. The number of fused-ring (bicyclic) bond motifs is 2. The van der Waals surface area contributed by atoms with E-state index in [1.807, 2.05) is 20.8 Å². The van der Waals surface area contributed by atoms with Gasteiger partial charge < -0.3 is 15.0 Å². The third kappa shape index (κ3) is 4.80. The van der Waals surface area contributed by atoms with Crippen LogP contribution in [0, 0.1) is 24.6 Å². The van der Waals surface area contributed by atoms with Crippen molar-refractivity contribution in [2.24, 2.45) is 11.8 Å². The summed E-state index contributed by atoms with van der Waals surface area (Å²) in [5.74, 6) is -0.313. The Hall–Kier alpha value is -2.89.